The molecule has 0 saturated carbocycles. The maximum absolute atomic E-state index is 11.8. The molecule has 0 unspecified atom stereocenters. The van der Waals surface area contributed by atoms with E-state index >= 15 is 0 Å². The van der Waals surface area contributed by atoms with Crippen LogP contribution < -0.4 is 16.7 Å². The average molecular weight is 286 g/mol. The van der Waals surface area contributed by atoms with Gasteiger partial charge in [0.1, 0.15) is 0 Å². The van der Waals surface area contributed by atoms with E-state index in [1.54, 1.807) is 29.1 Å². The van der Waals surface area contributed by atoms with Gasteiger partial charge < -0.3 is 5.73 Å². The lowest BCUT2D eigenvalue weighted by atomic mass is 10.2. The number of nitrogens with zero attached hydrogens (tertiary/aromatic N) is 2. The number of nitrogens with two attached hydrogens (primary N) is 1. The van der Waals surface area contributed by atoms with Crippen LogP contribution in [0.3, 0.4) is 0 Å². The third-order valence-electron chi connectivity index (χ3n) is 2.62. The van der Waals surface area contributed by atoms with Gasteiger partial charge in [-0.05, 0) is 42.4 Å². The molecule has 0 bridgehead atoms. The van der Waals surface area contributed by atoms with Crippen LogP contribution in [0.15, 0.2) is 52.5 Å². The Morgan fingerprint density at radius 1 is 1.30 bits per heavy atom. The van der Waals surface area contributed by atoms with Crippen LogP contribution in [-0.4, -0.2) is 15.9 Å². The van der Waals surface area contributed by atoms with Crippen LogP contribution in [0.1, 0.15) is 11.1 Å². The highest BCUT2D eigenvalue weighted by molar-refractivity contribution is 7.80. The summed E-state index contributed by atoms with van der Waals surface area (Å²) in [6.07, 6.45) is 3.40. The standard InChI is InChI=1S/C14H14N4OS/c1-10-2-7-13(19)18(9-10)12-5-3-11(4-6-12)8-16-17-14(15)20/h2-9H,1H3,(H3,15,17,20). The zero-order valence-electron chi connectivity index (χ0n) is 10.9. The molecule has 1 aromatic carbocycles. The minimum Gasteiger partial charge on any atom is -0.375 e. The molecule has 0 aliphatic rings. The second-order valence-corrected chi connectivity index (χ2v) is 4.68. The molecular formula is C14H14N4OS. The van der Waals surface area contributed by atoms with Crippen molar-refractivity contribution in [3.63, 3.8) is 0 Å². The van der Waals surface area contributed by atoms with Crippen molar-refractivity contribution >= 4 is 23.5 Å². The van der Waals surface area contributed by atoms with Crippen molar-refractivity contribution in [1.82, 2.24) is 9.99 Å². The quantitative estimate of drug-likeness (QED) is 0.507. The van der Waals surface area contributed by atoms with Crippen molar-refractivity contribution < 1.29 is 0 Å². The molecule has 0 aliphatic heterocycles. The number of aromatic nitrogens is 1. The number of hydrazone groups is 1. The number of pyridine rings is 1. The molecule has 0 atom stereocenters. The molecule has 102 valence electrons. The smallest absolute Gasteiger partial charge is 0.255 e. The van der Waals surface area contributed by atoms with Crippen LogP contribution in [0.4, 0.5) is 0 Å². The molecule has 1 heterocycles. The van der Waals surface area contributed by atoms with E-state index in [1.165, 1.54) is 0 Å². The Balaban J connectivity index is 2.24. The Kier molecular flexibility index (Phi) is 4.27. The maximum atomic E-state index is 11.8. The first-order valence-electron chi connectivity index (χ1n) is 5.94. The van der Waals surface area contributed by atoms with E-state index in [9.17, 15) is 4.79 Å². The fraction of sp³-hybridized carbons (Fsp3) is 0.0714. The van der Waals surface area contributed by atoms with E-state index in [2.05, 4.69) is 22.7 Å². The number of hydrogen-bond donors (Lipinski definition) is 2. The zero-order chi connectivity index (χ0) is 14.5. The highest BCUT2D eigenvalue weighted by atomic mass is 32.1. The first-order valence-corrected chi connectivity index (χ1v) is 6.35. The van der Waals surface area contributed by atoms with Crippen LogP contribution >= 0.6 is 12.2 Å². The van der Waals surface area contributed by atoms with Gasteiger partial charge >= 0.3 is 0 Å². The molecule has 0 saturated heterocycles. The highest BCUT2D eigenvalue weighted by Crippen LogP contribution is 2.07. The Labute approximate surface area is 121 Å². The van der Waals surface area contributed by atoms with Gasteiger partial charge in [-0.15, -0.1) is 0 Å². The van der Waals surface area contributed by atoms with E-state index in [0.717, 1.165) is 16.8 Å². The summed E-state index contributed by atoms with van der Waals surface area (Å²) in [5, 5.41) is 3.98. The predicted octanol–water partition coefficient (Wildman–Crippen LogP) is 1.31. The number of thiocarbonyl (C=S) groups is 1. The van der Waals surface area contributed by atoms with Gasteiger partial charge in [0.2, 0.25) is 0 Å². The van der Waals surface area contributed by atoms with Crippen LogP contribution in [0.5, 0.6) is 0 Å². The number of nitrogens with one attached hydrogen (secondary N) is 1. The lowest BCUT2D eigenvalue weighted by molar-refractivity contribution is 0.976. The topological polar surface area (TPSA) is 72.4 Å². The summed E-state index contributed by atoms with van der Waals surface area (Å²) >= 11 is 4.64. The van der Waals surface area contributed by atoms with E-state index in [1.807, 2.05) is 31.2 Å². The lowest BCUT2D eigenvalue weighted by Crippen LogP contribution is -2.24. The SMILES string of the molecule is Cc1ccc(=O)n(-c2ccc(C=NNC(N)=S)cc2)c1. The summed E-state index contributed by atoms with van der Waals surface area (Å²) in [5.74, 6) is 0. The summed E-state index contributed by atoms with van der Waals surface area (Å²) in [7, 11) is 0. The molecular weight excluding hydrogens is 272 g/mol. The van der Waals surface area contributed by atoms with E-state index in [4.69, 9.17) is 5.73 Å². The van der Waals surface area contributed by atoms with Gasteiger partial charge in [-0.2, -0.15) is 5.10 Å². The fourth-order valence-corrected chi connectivity index (χ4v) is 1.74. The van der Waals surface area contributed by atoms with Gasteiger partial charge in [-0.25, -0.2) is 0 Å². The van der Waals surface area contributed by atoms with Crippen LogP contribution in [-0.2, 0) is 0 Å². The first kappa shape index (κ1) is 14.0. The van der Waals surface area contributed by atoms with Crippen molar-refractivity contribution in [1.29, 1.82) is 0 Å². The fourth-order valence-electron chi connectivity index (χ4n) is 1.69. The molecule has 0 spiro atoms. The molecule has 3 N–H and O–H groups in total. The van der Waals surface area contributed by atoms with Crippen molar-refractivity contribution in [3.8, 4) is 5.69 Å². The van der Waals surface area contributed by atoms with E-state index in [-0.39, 0.29) is 10.7 Å². The highest BCUT2D eigenvalue weighted by Gasteiger charge is 1.99. The molecule has 0 fully saturated rings. The summed E-state index contributed by atoms with van der Waals surface area (Å²) in [4.78, 5) is 11.8. The average Bonchev–Trinajstić information content (AvgIpc) is 2.42. The molecule has 1 aromatic heterocycles. The third kappa shape index (κ3) is 3.52. The van der Waals surface area contributed by atoms with Gasteiger partial charge in [-0.3, -0.25) is 14.8 Å². The van der Waals surface area contributed by atoms with Crippen molar-refractivity contribution in [2.24, 2.45) is 10.8 Å². The Bertz CT molecular complexity index is 704. The lowest BCUT2D eigenvalue weighted by Gasteiger charge is -2.06. The minimum atomic E-state index is -0.0628. The summed E-state index contributed by atoms with van der Waals surface area (Å²) < 4.78 is 1.60. The molecule has 20 heavy (non-hydrogen) atoms. The van der Waals surface area contributed by atoms with Gasteiger partial charge in [-0.1, -0.05) is 18.2 Å². The van der Waals surface area contributed by atoms with E-state index < -0.39 is 0 Å². The molecule has 5 nitrogen and oxygen atoms in total. The summed E-state index contributed by atoms with van der Waals surface area (Å²) in [5.41, 5.74) is 10.4. The molecule has 2 aromatic rings. The van der Waals surface area contributed by atoms with Gasteiger partial charge in [0, 0.05) is 18.0 Å². The zero-order valence-corrected chi connectivity index (χ0v) is 11.7. The maximum Gasteiger partial charge on any atom is 0.255 e. The monoisotopic (exact) mass is 286 g/mol. The number of aryl methyl sites for hydroxylation is 1. The Morgan fingerprint density at radius 2 is 2.00 bits per heavy atom. The molecule has 0 aliphatic carbocycles. The first-order chi connectivity index (χ1) is 9.56. The second-order valence-electron chi connectivity index (χ2n) is 4.24. The molecule has 6 heteroatoms. The number of hydrogen-bond acceptors (Lipinski definition) is 3. The largest absolute Gasteiger partial charge is 0.375 e. The third-order valence-corrected chi connectivity index (χ3v) is 2.71. The number of rotatable bonds is 3. The van der Waals surface area contributed by atoms with Crippen molar-refractivity contribution in [3.05, 3.63) is 64.1 Å². The summed E-state index contributed by atoms with van der Waals surface area (Å²) in [6, 6.07) is 10.8. The predicted molar refractivity (Wildman–Crippen MR) is 84.3 cm³/mol. The Morgan fingerprint density at radius 3 is 2.65 bits per heavy atom. The van der Waals surface area contributed by atoms with Gasteiger partial charge in [0.25, 0.3) is 5.56 Å². The number of benzene rings is 1. The van der Waals surface area contributed by atoms with E-state index in [0.29, 0.717) is 0 Å². The van der Waals surface area contributed by atoms with Crippen molar-refractivity contribution in [2.75, 3.05) is 0 Å². The van der Waals surface area contributed by atoms with Gasteiger partial charge in [0.05, 0.1) is 6.21 Å². The van der Waals surface area contributed by atoms with Crippen LogP contribution in [0.2, 0.25) is 0 Å². The molecule has 2 rings (SSSR count). The Hall–Kier alpha value is -2.47. The van der Waals surface area contributed by atoms with Crippen LogP contribution in [0.25, 0.3) is 5.69 Å². The van der Waals surface area contributed by atoms with Crippen LogP contribution in [0, 0.1) is 6.92 Å². The second kappa shape index (κ2) is 6.12. The minimum absolute atomic E-state index is 0.0628. The molecule has 0 radical (unpaired) electrons. The summed E-state index contributed by atoms with van der Waals surface area (Å²) in [6.45, 7) is 1.94. The normalized spacial score (nSPS) is 10.7. The van der Waals surface area contributed by atoms with Gasteiger partial charge in [0.15, 0.2) is 5.11 Å². The molecule has 0 amide bonds. The van der Waals surface area contributed by atoms with Crippen molar-refractivity contribution in [2.45, 2.75) is 6.92 Å².